The lowest BCUT2D eigenvalue weighted by Crippen LogP contribution is -2.32. The number of aromatic nitrogens is 2. The molecule has 0 spiro atoms. The van der Waals surface area contributed by atoms with Gasteiger partial charge in [0.2, 0.25) is 0 Å². The maximum atomic E-state index is 11.7. The number of hydrogen-bond acceptors (Lipinski definition) is 3. The highest BCUT2D eigenvalue weighted by molar-refractivity contribution is 5.92. The summed E-state index contributed by atoms with van der Waals surface area (Å²) in [5.41, 5.74) is 1.37. The summed E-state index contributed by atoms with van der Waals surface area (Å²) in [6.07, 6.45) is 0. The number of aromatic amines is 1. The lowest BCUT2D eigenvalue weighted by atomic mass is 10.3. The van der Waals surface area contributed by atoms with Crippen molar-refractivity contribution >= 4 is 5.91 Å². The minimum Gasteiger partial charge on any atom is -0.339 e. The maximum Gasteiger partial charge on any atom is 0.274 e. The molecule has 0 saturated carbocycles. The zero-order valence-corrected chi connectivity index (χ0v) is 8.79. The van der Waals surface area contributed by atoms with E-state index in [1.54, 1.807) is 18.0 Å². The van der Waals surface area contributed by atoms with E-state index in [0.29, 0.717) is 12.2 Å². The number of likely N-dealkylation sites (N-methyl/N-ethyl adjacent to an activating group) is 2. The Morgan fingerprint density at radius 3 is 2.93 bits per heavy atom. The summed E-state index contributed by atoms with van der Waals surface area (Å²) < 4.78 is 0. The van der Waals surface area contributed by atoms with Crippen LogP contribution >= 0.6 is 0 Å². The molecule has 1 aromatic heterocycles. The fourth-order valence-corrected chi connectivity index (χ4v) is 1.10. The van der Waals surface area contributed by atoms with Gasteiger partial charge in [-0.2, -0.15) is 5.10 Å². The summed E-state index contributed by atoms with van der Waals surface area (Å²) in [4.78, 5) is 13.3. The van der Waals surface area contributed by atoms with Gasteiger partial charge in [-0.15, -0.1) is 0 Å². The molecular formula is C9H16N4O. The molecule has 14 heavy (non-hydrogen) atoms. The van der Waals surface area contributed by atoms with Gasteiger partial charge in [0.1, 0.15) is 5.69 Å². The van der Waals surface area contributed by atoms with Crippen LogP contribution in [-0.2, 0) is 0 Å². The second-order valence-electron chi connectivity index (χ2n) is 3.27. The van der Waals surface area contributed by atoms with Gasteiger partial charge in [-0.25, -0.2) is 0 Å². The highest BCUT2D eigenvalue weighted by Gasteiger charge is 2.13. The summed E-state index contributed by atoms with van der Waals surface area (Å²) in [5, 5.41) is 9.64. The number of carbonyl (C=O) groups is 1. The van der Waals surface area contributed by atoms with Crippen LogP contribution in [0.2, 0.25) is 0 Å². The highest BCUT2D eigenvalue weighted by atomic mass is 16.2. The Morgan fingerprint density at radius 2 is 2.43 bits per heavy atom. The van der Waals surface area contributed by atoms with Crippen molar-refractivity contribution in [2.24, 2.45) is 0 Å². The second-order valence-corrected chi connectivity index (χ2v) is 3.27. The second kappa shape index (κ2) is 4.76. The molecule has 0 radical (unpaired) electrons. The van der Waals surface area contributed by atoms with E-state index in [1.165, 1.54) is 0 Å². The predicted molar refractivity (Wildman–Crippen MR) is 54.2 cm³/mol. The van der Waals surface area contributed by atoms with Gasteiger partial charge < -0.3 is 10.2 Å². The largest absolute Gasteiger partial charge is 0.339 e. The average Bonchev–Trinajstić information content (AvgIpc) is 2.60. The van der Waals surface area contributed by atoms with E-state index in [-0.39, 0.29) is 5.91 Å². The quantitative estimate of drug-likeness (QED) is 0.713. The third-order valence-electron chi connectivity index (χ3n) is 1.97. The molecular weight excluding hydrogens is 180 g/mol. The molecule has 1 amide bonds. The van der Waals surface area contributed by atoms with E-state index in [9.17, 15) is 4.79 Å². The third-order valence-corrected chi connectivity index (χ3v) is 1.97. The SMILES string of the molecule is CNCCN(C)C(=O)c1cc(C)[nH]n1. The van der Waals surface area contributed by atoms with Gasteiger partial charge >= 0.3 is 0 Å². The molecule has 5 heteroatoms. The van der Waals surface area contributed by atoms with Crippen molar-refractivity contribution < 1.29 is 4.79 Å². The molecule has 1 heterocycles. The van der Waals surface area contributed by atoms with E-state index in [1.807, 2.05) is 14.0 Å². The van der Waals surface area contributed by atoms with E-state index in [0.717, 1.165) is 12.2 Å². The van der Waals surface area contributed by atoms with Gasteiger partial charge in [0, 0.05) is 25.8 Å². The minimum absolute atomic E-state index is 0.0513. The fraction of sp³-hybridized carbons (Fsp3) is 0.556. The molecule has 0 aliphatic carbocycles. The summed E-state index contributed by atoms with van der Waals surface area (Å²) in [7, 11) is 3.63. The van der Waals surface area contributed by atoms with Crippen LogP contribution in [0.25, 0.3) is 0 Å². The van der Waals surface area contributed by atoms with Crippen molar-refractivity contribution in [3.05, 3.63) is 17.5 Å². The Balaban J connectivity index is 2.56. The number of carbonyl (C=O) groups excluding carboxylic acids is 1. The van der Waals surface area contributed by atoms with Gasteiger partial charge in [0.25, 0.3) is 5.91 Å². The molecule has 0 bridgehead atoms. The smallest absolute Gasteiger partial charge is 0.274 e. The molecule has 0 fully saturated rings. The monoisotopic (exact) mass is 196 g/mol. The van der Waals surface area contributed by atoms with Crippen LogP contribution in [0, 0.1) is 6.92 Å². The first-order valence-corrected chi connectivity index (χ1v) is 4.57. The molecule has 78 valence electrons. The van der Waals surface area contributed by atoms with Crippen LogP contribution in [0.3, 0.4) is 0 Å². The first-order valence-electron chi connectivity index (χ1n) is 4.57. The number of rotatable bonds is 4. The summed E-state index contributed by atoms with van der Waals surface area (Å²) in [6, 6.07) is 1.75. The third kappa shape index (κ3) is 2.56. The van der Waals surface area contributed by atoms with Gasteiger partial charge in [-0.05, 0) is 20.0 Å². The first kappa shape index (κ1) is 10.7. The normalized spacial score (nSPS) is 10.2. The highest BCUT2D eigenvalue weighted by Crippen LogP contribution is 2.01. The standard InChI is InChI=1S/C9H16N4O/c1-7-6-8(12-11-7)9(14)13(3)5-4-10-2/h6,10H,4-5H2,1-3H3,(H,11,12). The van der Waals surface area contributed by atoms with E-state index >= 15 is 0 Å². The number of nitrogens with one attached hydrogen (secondary N) is 2. The summed E-state index contributed by atoms with van der Waals surface area (Å²) in [6.45, 7) is 3.34. The molecule has 5 nitrogen and oxygen atoms in total. The van der Waals surface area contributed by atoms with Gasteiger partial charge in [0.15, 0.2) is 0 Å². The van der Waals surface area contributed by atoms with Crippen molar-refractivity contribution in [3.8, 4) is 0 Å². The molecule has 0 saturated heterocycles. The predicted octanol–water partition coefficient (Wildman–Crippen LogP) is 0.00952. The Hall–Kier alpha value is -1.36. The van der Waals surface area contributed by atoms with Crippen LogP contribution in [-0.4, -0.2) is 48.2 Å². The average molecular weight is 196 g/mol. The fourth-order valence-electron chi connectivity index (χ4n) is 1.10. The molecule has 0 unspecified atom stereocenters. The van der Waals surface area contributed by atoms with Gasteiger partial charge in [-0.3, -0.25) is 9.89 Å². The molecule has 1 rings (SSSR count). The molecule has 1 aromatic rings. The Labute approximate surface area is 83.5 Å². The molecule has 0 aliphatic heterocycles. The van der Waals surface area contributed by atoms with E-state index < -0.39 is 0 Å². The molecule has 0 atom stereocenters. The first-order chi connectivity index (χ1) is 6.65. The Morgan fingerprint density at radius 1 is 1.71 bits per heavy atom. The van der Waals surface area contributed by atoms with Crippen molar-refractivity contribution in [1.82, 2.24) is 20.4 Å². The number of nitrogens with zero attached hydrogens (tertiary/aromatic N) is 2. The van der Waals surface area contributed by atoms with Crippen LogP contribution in [0.15, 0.2) is 6.07 Å². The van der Waals surface area contributed by atoms with Crippen LogP contribution < -0.4 is 5.32 Å². The van der Waals surface area contributed by atoms with E-state index in [2.05, 4.69) is 15.5 Å². The molecule has 2 N–H and O–H groups in total. The molecule has 0 aromatic carbocycles. The van der Waals surface area contributed by atoms with Crippen LogP contribution in [0.5, 0.6) is 0 Å². The van der Waals surface area contributed by atoms with Crippen molar-refractivity contribution in [1.29, 1.82) is 0 Å². The summed E-state index contributed by atoms with van der Waals surface area (Å²) in [5.74, 6) is -0.0513. The Kier molecular flexibility index (Phi) is 3.64. The lowest BCUT2D eigenvalue weighted by Gasteiger charge is -2.14. The number of amides is 1. The zero-order valence-electron chi connectivity index (χ0n) is 8.79. The maximum absolute atomic E-state index is 11.7. The van der Waals surface area contributed by atoms with Crippen LogP contribution in [0.4, 0.5) is 0 Å². The van der Waals surface area contributed by atoms with Crippen molar-refractivity contribution in [2.45, 2.75) is 6.92 Å². The van der Waals surface area contributed by atoms with E-state index in [4.69, 9.17) is 0 Å². The van der Waals surface area contributed by atoms with Crippen molar-refractivity contribution in [3.63, 3.8) is 0 Å². The van der Waals surface area contributed by atoms with Gasteiger partial charge in [-0.1, -0.05) is 0 Å². The lowest BCUT2D eigenvalue weighted by molar-refractivity contribution is 0.0791. The Bertz CT molecular complexity index is 308. The number of H-pyrrole nitrogens is 1. The number of hydrogen-bond donors (Lipinski definition) is 2. The van der Waals surface area contributed by atoms with Gasteiger partial charge in [0.05, 0.1) is 0 Å². The topological polar surface area (TPSA) is 61.0 Å². The van der Waals surface area contributed by atoms with Crippen molar-refractivity contribution in [2.75, 3.05) is 27.2 Å². The zero-order chi connectivity index (χ0) is 10.6. The summed E-state index contributed by atoms with van der Waals surface area (Å²) >= 11 is 0. The molecule has 0 aliphatic rings. The number of aryl methyl sites for hydroxylation is 1. The van der Waals surface area contributed by atoms with Crippen LogP contribution in [0.1, 0.15) is 16.2 Å². The minimum atomic E-state index is -0.0513.